The molecule has 0 saturated heterocycles. The molecule has 0 radical (unpaired) electrons. The van der Waals surface area contributed by atoms with Crippen LogP contribution in [-0.4, -0.2) is 23.6 Å². The summed E-state index contributed by atoms with van der Waals surface area (Å²) < 4.78 is 7.73. The fourth-order valence-corrected chi connectivity index (χ4v) is 2.71. The van der Waals surface area contributed by atoms with E-state index in [1.54, 1.807) is 0 Å². The number of fused-ring (bicyclic) bond motifs is 1. The van der Waals surface area contributed by atoms with Crippen molar-refractivity contribution in [3.05, 3.63) is 66.4 Å². The molecule has 0 aliphatic heterocycles. The van der Waals surface area contributed by atoms with Gasteiger partial charge >= 0.3 is 0 Å². The molecule has 3 aromatic rings. The Bertz CT molecular complexity index is 823. The SMILES string of the molecule is Cc1cccc(OCCNC(=O)CCn2ccc3ccccc32)c1. The second-order valence-electron chi connectivity index (χ2n) is 5.83. The normalized spacial score (nSPS) is 10.7. The maximum absolute atomic E-state index is 12.0. The average Bonchev–Trinajstić information content (AvgIpc) is 3.00. The van der Waals surface area contributed by atoms with Crippen molar-refractivity contribution in [1.29, 1.82) is 0 Å². The summed E-state index contributed by atoms with van der Waals surface area (Å²) in [4.78, 5) is 12.0. The van der Waals surface area contributed by atoms with Gasteiger partial charge in [-0.1, -0.05) is 30.3 Å². The van der Waals surface area contributed by atoms with Crippen molar-refractivity contribution in [2.45, 2.75) is 19.9 Å². The van der Waals surface area contributed by atoms with Crippen LogP contribution in [0.25, 0.3) is 10.9 Å². The van der Waals surface area contributed by atoms with Crippen molar-refractivity contribution in [3.63, 3.8) is 0 Å². The number of carbonyl (C=O) groups is 1. The predicted molar refractivity (Wildman–Crippen MR) is 96.2 cm³/mol. The molecule has 0 atom stereocenters. The maximum atomic E-state index is 12.0. The number of hydrogen-bond donors (Lipinski definition) is 1. The highest BCUT2D eigenvalue weighted by atomic mass is 16.5. The van der Waals surface area contributed by atoms with Gasteiger partial charge < -0.3 is 14.6 Å². The van der Waals surface area contributed by atoms with Crippen molar-refractivity contribution in [1.82, 2.24) is 9.88 Å². The molecule has 1 amide bonds. The molecule has 1 N–H and O–H groups in total. The molecule has 1 aromatic heterocycles. The summed E-state index contributed by atoms with van der Waals surface area (Å²) in [6.07, 6.45) is 2.49. The van der Waals surface area contributed by atoms with Crippen LogP contribution in [0.3, 0.4) is 0 Å². The van der Waals surface area contributed by atoms with Gasteiger partial charge in [0.15, 0.2) is 0 Å². The Morgan fingerprint density at radius 3 is 2.88 bits per heavy atom. The summed E-state index contributed by atoms with van der Waals surface area (Å²) in [5, 5.41) is 4.10. The number of carbonyl (C=O) groups excluding carboxylic acids is 1. The van der Waals surface area contributed by atoms with Gasteiger partial charge in [-0.2, -0.15) is 0 Å². The van der Waals surface area contributed by atoms with Crippen molar-refractivity contribution < 1.29 is 9.53 Å². The van der Waals surface area contributed by atoms with Crippen molar-refractivity contribution in [2.75, 3.05) is 13.2 Å². The summed E-state index contributed by atoms with van der Waals surface area (Å²) in [5.74, 6) is 0.878. The highest BCUT2D eigenvalue weighted by Gasteiger charge is 2.04. The van der Waals surface area contributed by atoms with Gasteiger partial charge in [-0.05, 0) is 42.1 Å². The first-order valence-corrected chi connectivity index (χ1v) is 8.22. The third-order valence-corrected chi connectivity index (χ3v) is 3.94. The van der Waals surface area contributed by atoms with Crippen LogP contribution in [0.4, 0.5) is 0 Å². The van der Waals surface area contributed by atoms with Crippen molar-refractivity contribution >= 4 is 16.8 Å². The van der Waals surface area contributed by atoms with Gasteiger partial charge in [0, 0.05) is 24.7 Å². The van der Waals surface area contributed by atoms with Gasteiger partial charge in [-0.15, -0.1) is 0 Å². The first-order valence-electron chi connectivity index (χ1n) is 8.22. The quantitative estimate of drug-likeness (QED) is 0.676. The van der Waals surface area contributed by atoms with E-state index in [-0.39, 0.29) is 5.91 Å². The van der Waals surface area contributed by atoms with E-state index in [1.165, 1.54) is 5.39 Å². The molecule has 0 bridgehead atoms. The zero-order chi connectivity index (χ0) is 16.8. The molecule has 124 valence electrons. The Hall–Kier alpha value is -2.75. The number of para-hydroxylation sites is 1. The standard InChI is InChI=1S/C20H22N2O2/c1-16-5-4-7-18(15-16)24-14-11-21-20(23)10-13-22-12-9-17-6-2-3-8-19(17)22/h2-9,12,15H,10-11,13-14H2,1H3,(H,21,23). The van der Waals surface area contributed by atoms with E-state index in [4.69, 9.17) is 4.74 Å². The second-order valence-corrected chi connectivity index (χ2v) is 5.83. The lowest BCUT2D eigenvalue weighted by molar-refractivity contribution is -0.121. The van der Waals surface area contributed by atoms with Crippen LogP contribution in [-0.2, 0) is 11.3 Å². The first kappa shape index (κ1) is 16.1. The van der Waals surface area contributed by atoms with Crippen LogP contribution in [0.15, 0.2) is 60.8 Å². The smallest absolute Gasteiger partial charge is 0.221 e. The van der Waals surface area contributed by atoms with Crippen molar-refractivity contribution in [2.24, 2.45) is 0 Å². The molecule has 0 aliphatic carbocycles. The van der Waals surface area contributed by atoms with Gasteiger partial charge in [0.1, 0.15) is 12.4 Å². The molecule has 4 heteroatoms. The Labute approximate surface area is 142 Å². The average molecular weight is 322 g/mol. The number of nitrogens with one attached hydrogen (secondary N) is 1. The van der Waals surface area contributed by atoms with Gasteiger partial charge in [-0.3, -0.25) is 4.79 Å². The van der Waals surface area contributed by atoms with Crippen LogP contribution in [0.1, 0.15) is 12.0 Å². The Morgan fingerprint density at radius 1 is 1.12 bits per heavy atom. The van der Waals surface area contributed by atoms with E-state index < -0.39 is 0 Å². The molecule has 0 unspecified atom stereocenters. The molecule has 3 rings (SSSR count). The lowest BCUT2D eigenvalue weighted by Crippen LogP contribution is -2.28. The minimum atomic E-state index is 0.0422. The van der Waals surface area contributed by atoms with E-state index in [0.29, 0.717) is 26.1 Å². The lowest BCUT2D eigenvalue weighted by Gasteiger charge is -2.09. The molecule has 4 nitrogen and oxygen atoms in total. The van der Waals surface area contributed by atoms with Crippen molar-refractivity contribution in [3.8, 4) is 5.75 Å². The highest BCUT2D eigenvalue weighted by molar-refractivity contribution is 5.80. The summed E-state index contributed by atoms with van der Waals surface area (Å²) in [5.41, 5.74) is 2.32. The van der Waals surface area contributed by atoms with E-state index in [9.17, 15) is 4.79 Å². The highest BCUT2D eigenvalue weighted by Crippen LogP contribution is 2.15. The number of amides is 1. The summed E-state index contributed by atoms with van der Waals surface area (Å²) in [6.45, 7) is 3.69. The fourth-order valence-electron chi connectivity index (χ4n) is 2.71. The number of ether oxygens (including phenoxy) is 1. The molecule has 2 aromatic carbocycles. The summed E-state index contributed by atoms with van der Waals surface area (Å²) in [6, 6.07) is 18.2. The molecule has 0 saturated carbocycles. The van der Waals surface area contributed by atoms with Crippen LogP contribution < -0.4 is 10.1 Å². The molecule has 1 heterocycles. The molecule has 0 fully saturated rings. The van der Waals surface area contributed by atoms with Crippen LogP contribution in [0.5, 0.6) is 5.75 Å². The van der Waals surface area contributed by atoms with Gasteiger partial charge in [0.05, 0.1) is 6.54 Å². The van der Waals surface area contributed by atoms with E-state index >= 15 is 0 Å². The minimum Gasteiger partial charge on any atom is -0.492 e. The lowest BCUT2D eigenvalue weighted by atomic mass is 10.2. The van der Waals surface area contributed by atoms with Crippen LogP contribution in [0.2, 0.25) is 0 Å². The number of nitrogens with zero attached hydrogens (tertiary/aromatic N) is 1. The predicted octanol–water partition coefficient (Wildman–Crippen LogP) is 3.54. The van der Waals surface area contributed by atoms with E-state index in [0.717, 1.165) is 16.8 Å². The summed E-state index contributed by atoms with van der Waals surface area (Å²) in [7, 11) is 0. The monoisotopic (exact) mass is 322 g/mol. The number of hydrogen-bond acceptors (Lipinski definition) is 2. The van der Waals surface area contributed by atoms with Crippen LogP contribution in [0, 0.1) is 6.92 Å². The molecule has 24 heavy (non-hydrogen) atoms. The third kappa shape index (κ3) is 4.16. The van der Waals surface area contributed by atoms with E-state index in [1.807, 2.05) is 49.5 Å². The zero-order valence-electron chi connectivity index (χ0n) is 13.9. The molecular formula is C20H22N2O2. The Kier molecular flexibility index (Phi) is 5.16. The van der Waals surface area contributed by atoms with E-state index in [2.05, 4.69) is 28.1 Å². The molecule has 0 spiro atoms. The molecular weight excluding hydrogens is 300 g/mol. The summed E-state index contributed by atoms with van der Waals surface area (Å²) >= 11 is 0. The van der Waals surface area contributed by atoms with Gasteiger partial charge in [-0.25, -0.2) is 0 Å². The van der Waals surface area contributed by atoms with Crippen LogP contribution >= 0.6 is 0 Å². The Morgan fingerprint density at radius 2 is 2.00 bits per heavy atom. The topological polar surface area (TPSA) is 43.3 Å². The fraction of sp³-hybridized carbons (Fsp3) is 0.250. The van der Waals surface area contributed by atoms with Gasteiger partial charge in [0.25, 0.3) is 0 Å². The number of aryl methyl sites for hydroxylation is 2. The Balaban J connectivity index is 1.40. The number of rotatable bonds is 7. The number of benzene rings is 2. The second kappa shape index (κ2) is 7.68. The largest absolute Gasteiger partial charge is 0.492 e. The number of aromatic nitrogens is 1. The maximum Gasteiger partial charge on any atom is 0.221 e. The van der Waals surface area contributed by atoms with Gasteiger partial charge in [0.2, 0.25) is 5.91 Å². The third-order valence-electron chi connectivity index (χ3n) is 3.94. The molecule has 0 aliphatic rings. The minimum absolute atomic E-state index is 0.0422. The zero-order valence-corrected chi connectivity index (χ0v) is 13.9. The first-order chi connectivity index (χ1) is 11.7.